The van der Waals surface area contributed by atoms with Gasteiger partial charge >= 0.3 is 5.97 Å². The molecular formula is C12H18N2O2. The Morgan fingerprint density at radius 3 is 2.50 bits per heavy atom. The lowest BCUT2D eigenvalue weighted by Gasteiger charge is -2.07. The predicted octanol–water partition coefficient (Wildman–Crippen LogP) is 1.26. The molecule has 1 aromatic rings. The Kier molecular flexibility index (Phi) is 2.35. The third kappa shape index (κ3) is 1.37. The minimum atomic E-state index is -0.305. The number of carbonyl (C=O) groups excluding carboxylic acids is 1. The molecule has 2 atom stereocenters. The van der Waals surface area contributed by atoms with Gasteiger partial charge in [0.05, 0.1) is 7.11 Å². The van der Waals surface area contributed by atoms with Crippen LogP contribution in [0.3, 0.4) is 0 Å². The maximum atomic E-state index is 11.5. The van der Waals surface area contributed by atoms with E-state index in [1.807, 2.05) is 17.7 Å². The van der Waals surface area contributed by atoms with Crippen LogP contribution in [0.5, 0.6) is 0 Å². The van der Waals surface area contributed by atoms with Gasteiger partial charge in [0, 0.05) is 24.7 Å². The van der Waals surface area contributed by atoms with E-state index in [4.69, 9.17) is 10.5 Å². The van der Waals surface area contributed by atoms with E-state index in [0.717, 1.165) is 5.69 Å². The van der Waals surface area contributed by atoms with Crippen LogP contribution in [0.15, 0.2) is 12.1 Å². The standard InChI is InChI=1S/C12H18N2O2/c1-12(2)9(10(12)13)7-5-6-8(14(7)3)11(15)16-4/h5-6,9-10H,13H2,1-4H3/t9-,10-/m1/s1. The Bertz CT molecular complexity index is 434. The average molecular weight is 222 g/mol. The quantitative estimate of drug-likeness (QED) is 0.766. The van der Waals surface area contributed by atoms with Crippen LogP contribution in [0.4, 0.5) is 0 Å². The van der Waals surface area contributed by atoms with Gasteiger partial charge in [0.1, 0.15) is 5.69 Å². The second-order valence-electron chi connectivity index (χ2n) is 5.02. The Balaban J connectivity index is 2.32. The summed E-state index contributed by atoms with van der Waals surface area (Å²) < 4.78 is 6.60. The number of nitrogens with two attached hydrogens (primary N) is 1. The Labute approximate surface area is 95.4 Å². The van der Waals surface area contributed by atoms with Crippen molar-refractivity contribution < 1.29 is 9.53 Å². The molecule has 1 fully saturated rings. The molecule has 0 aliphatic heterocycles. The van der Waals surface area contributed by atoms with Crippen molar-refractivity contribution in [2.75, 3.05) is 7.11 Å². The first kappa shape index (κ1) is 11.2. The van der Waals surface area contributed by atoms with Crippen molar-refractivity contribution in [3.63, 3.8) is 0 Å². The van der Waals surface area contributed by atoms with E-state index in [9.17, 15) is 4.79 Å². The maximum absolute atomic E-state index is 11.5. The molecule has 0 spiro atoms. The van der Waals surface area contributed by atoms with Gasteiger partial charge in [-0.1, -0.05) is 13.8 Å². The summed E-state index contributed by atoms with van der Waals surface area (Å²) >= 11 is 0. The summed E-state index contributed by atoms with van der Waals surface area (Å²) in [4.78, 5) is 11.5. The topological polar surface area (TPSA) is 57.2 Å². The second-order valence-corrected chi connectivity index (χ2v) is 5.02. The highest BCUT2D eigenvalue weighted by molar-refractivity contribution is 5.87. The Morgan fingerprint density at radius 2 is 2.06 bits per heavy atom. The number of nitrogens with zero attached hydrogens (tertiary/aromatic N) is 1. The lowest BCUT2D eigenvalue weighted by atomic mass is 10.1. The van der Waals surface area contributed by atoms with Crippen LogP contribution in [0.25, 0.3) is 0 Å². The summed E-state index contributed by atoms with van der Waals surface area (Å²) in [7, 11) is 3.27. The first-order chi connectivity index (χ1) is 7.41. The zero-order valence-corrected chi connectivity index (χ0v) is 10.2. The van der Waals surface area contributed by atoms with Gasteiger partial charge < -0.3 is 15.0 Å². The van der Waals surface area contributed by atoms with Gasteiger partial charge in [-0.15, -0.1) is 0 Å². The highest BCUT2D eigenvalue weighted by Crippen LogP contribution is 2.57. The number of methoxy groups -OCH3 is 1. The van der Waals surface area contributed by atoms with E-state index in [0.29, 0.717) is 11.6 Å². The number of hydrogen-bond acceptors (Lipinski definition) is 3. The molecule has 16 heavy (non-hydrogen) atoms. The summed E-state index contributed by atoms with van der Waals surface area (Å²) in [6.45, 7) is 4.29. The van der Waals surface area contributed by atoms with Gasteiger partial charge in [-0.2, -0.15) is 0 Å². The second kappa shape index (κ2) is 3.35. The fraction of sp³-hybridized carbons (Fsp3) is 0.583. The van der Waals surface area contributed by atoms with Crippen LogP contribution in [-0.2, 0) is 11.8 Å². The zero-order valence-electron chi connectivity index (χ0n) is 10.2. The summed E-state index contributed by atoms with van der Waals surface area (Å²) in [5, 5.41) is 0. The zero-order chi connectivity index (χ0) is 12.1. The van der Waals surface area contributed by atoms with E-state index in [-0.39, 0.29) is 17.4 Å². The molecular weight excluding hydrogens is 204 g/mol. The third-order valence-electron chi connectivity index (χ3n) is 3.78. The van der Waals surface area contributed by atoms with Gasteiger partial charge in [-0.3, -0.25) is 0 Å². The van der Waals surface area contributed by atoms with Crippen LogP contribution in [0.1, 0.15) is 35.9 Å². The molecule has 2 N–H and O–H groups in total. The summed E-state index contributed by atoms with van der Waals surface area (Å²) in [5.41, 5.74) is 7.84. The summed E-state index contributed by atoms with van der Waals surface area (Å²) in [5.74, 6) is 0.0247. The number of carbonyl (C=O) groups is 1. The van der Waals surface area contributed by atoms with Crippen molar-refractivity contribution >= 4 is 5.97 Å². The highest BCUT2D eigenvalue weighted by Gasteiger charge is 2.57. The van der Waals surface area contributed by atoms with Crippen molar-refractivity contribution in [1.29, 1.82) is 0 Å². The largest absolute Gasteiger partial charge is 0.464 e. The van der Waals surface area contributed by atoms with Crippen LogP contribution in [-0.4, -0.2) is 23.7 Å². The number of hydrogen-bond donors (Lipinski definition) is 1. The van der Waals surface area contributed by atoms with Crippen molar-refractivity contribution in [1.82, 2.24) is 4.57 Å². The monoisotopic (exact) mass is 222 g/mol. The van der Waals surface area contributed by atoms with Crippen molar-refractivity contribution in [3.8, 4) is 0 Å². The summed E-state index contributed by atoms with van der Waals surface area (Å²) in [6.07, 6.45) is 0. The third-order valence-corrected chi connectivity index (χ3v) is 3.78. The maximum Gasteiger partial charge on any atom is 0.354 e. The molecule has 1 aliphatic rings. The molecule has 0 aromatic carbocycles. The molecule has 4 heteroatoms. The van der Waals surface area contributed by atoms with Gasteiger partial charge in [0.2, 0.25) is 0 Å². The van der Waals surface area contributed by atoms with Gasteiger partial charge in [0.25, 0.3) is 0 Å². The fourth-order valence-corrected chi connectivity index (χ4v) is 2.39. The lowest BCUT2D eigenvalue weighted by molar-refractivity contribution is 0.0589. The number of rotatable bonds is 2. The van der Waals surface area contributed by atoms with Crippen molar-refractivity contribution in [2.24, 2.45) is 18.2 Å². The number of aromatic nitrogens is 1. The first-order valence-corrected chi connectivity index (χ1v) is 5.40. The average Bonchev–Trinajstić information content (AvgIpc) is 2.60. The van der Waals surface area contributed by atoms with Crippen LogP contribution < -0.4 is 5.73 Å². The molecule has 1 saturated carbocycles. The Hall–Kier alpha value is -1.29. The van der Waals surface area contributed by atoms with Gasteiger partial charge in [0.15, 0.2) is 0 Å². The normalized spacial score (nSPS) is 26.6. The molecule has 0 saturated heterocycles. The molecule has 0 radical (unpaired) electrons. The molecule has 1 aliphatic carbocycles. The molecule has 0 unspecified atom stereocenters. The fourth-order valence-electron chi connectivity index (χ4n) is 2.39. The van der Waals surface area contributed by atoms with E-state index in [1.54, 1.807) is 6.07 Å². The van der Waals surface area contributed by atoms with E-state index < -0.39 is 0 Å². The molecule has 1 aromatic heterocycles. The van der Waals surface area contributed by atoms with Crippen LogP contribution in [0, 0.1) is 5.41 Å². The SMILES string of the molecule is COC(=O)c1ccc([C@@H]2[C@@H](N)C2(C)C)n1C. The molecule has 0 bridgehead atoms. The Morgan fingerprint density at radius 1 is 1.50 bits per heavy atom. The van der Waals surface area contributed by atoms with Gasteiger partial charge in [-0.25, -0.2) is 4.79 Å². The molecule has 88 valence electrons. The van der Waals surface area contributed by atoms with E-state index >= 15 is 0 Å². The van der Waals surface area contributed by atoms with Crippen LogP contribution >= 0.6 is 0 Å². The van der Waals surface area contributed by atoms with Crippen LogP contribution in [0.2, 0.25) is 0 Å². The van der Waals surface area contributed by atoms with E-state index in [1.165, 1.54) is 7.11 Å². The summed E-state index contributed by atoms with van der Waals surface area (Å²) in [6, 6.07) is 3.93. The molecule has 0 amide bonds. The predicted molar refractivity (Wildman–Crippen MR) is 61.2 cm³/mol. The molecule has 4 nitrogen and oxygen atoms in total. The van der Waals surface area contributed by atoms with Crippen molar-refractivity contribution in [3.05, 3.63) is 23.5 Å². The van der Waals surface area contributed by atoms with Gasteiger partial charge in [-0.05, 0) is 17.5 Å². The van der Waals surface area contributed by atoms with E-state index in [2.05, 4.69) is 13.8 Å². The minimum Gasteiger partial charge on any atom is -0.464 e. The highest BCUT2D eigenvalue weighted by atomic mass is 16.5. The first-order valence-electron chi connectivity index (χ1n) is 5.40. The lowest BCUT2D eigenvalue weighted by Crippen LogP contribution is -2.10. The number of esters is 1. The smallest absolute Gasteiger partial charge is 0.354 e. The number of ether oxygens (including phenoxy) is 1. The minimum absolute atomic E-state index is 0.125. The molecule has 2 rings (SSSR count). The molecule has 1 heterocycles. The van der Waals surface area contributed by atoms with Crippen molar-refractivity contribution in [2.45, 2.75) is 25.8 Å².